The monoisotopic (exact) mass is 359 g/mol. The number of rotatable bonds is 4. The number of halogens is 3. The molecule has 7 heteroatoms. The molecule has 0 aliphatic carbocycles. The molecule has 0 fully saturated rings. The molecule has 4 nitrogen and oxygen atoms in total. The average Bonchev–Trinajstić information content (AvgIpc) is 2.35. The van der Waals surface area contributed by atoms with Crippen LogP contribution in [0, 0.1) is 15.9 Å². The van der Waals surface area contributed by atoms with E-state index in [1.807, 2.05) is 0 Å². The Hall–Kier alpha value is -1.66. The second-order valence-corrected chi connectivity index (χ2v) is 5.21. The molecule has 2 aromatic rings. The molecule has 0 aliphatic heterocycles. The van der Waals surface area contributed by atoms with Crippen molar-refractivity contribution in [2.45, 2.75) is 6.61 Å². The predicted molar refractivity (Wildman–Crippen MR) is 76.5 cm³/mol. The summed E-state index contributed by atoms with van der Waals surface area (Å²) in [4.78, 5) is 10.4. The van der Waals surface area contributed by atoms with Gasteiger partial charge in [-0.3, -0.25) is 10.1 Å². The number of nitrogens with zero attached hydrogens (tertiary/aromatic N) is 1. The van der Waals surface area contributed by atoms with Gasteiger partial charge in [-0.25, -0.2) is 4.39 Å². The lowest BCUT2D eigenvalue weighted by atomic mass is 10.2. The van der Waals surface area contributed by atoms with E-state index < -0.39 is 10.7 Å². The molecule has 0 aliphatic rings. The molecule has 0 bridgehead atoms. The Labute approximate surface area is 127 Å². The van der Waals surface area contributed by atoms with Crippen LogP contribution in [0.1, 0.15) is 5.56 Å². The fourth-order valence-corrected chi connectivity index (χ4v) is 2.30. The van der Waals surface area contributed by atoms with E-state index in [0.29, 0.717) is 4.47 Å². The van der Waals surface area contributed by atoms with Crippen molar-refractivity contribution < 1.29 is 14.1 Å². The van der Waals surface area contributed by atoms with Gasteiger partial charge < -0.3 is 4.74 Å². The van der Waals surface area contributed by atoms with Gasteiger partial charge in [-0.15, -0.1) is 0 Å². The van der Waals surface area contributed by atoms with Gasteiger partial charge in [-0.1, -0.05) is 33.6 Å². The van der Waals surface area contributed by atoms with Gasteiger partial charge in [0.25, 0.3) is 5.69 Å². The third-order valence-electron chi connectivity index (χ3n) is 2.51. The lowest BCUT2D eigenvalue weighted by Gasteiger charge is -2.09. The average molecular weight is 361 g/mol. The van der Waals surface area contributed by atoms with Crippen LogP contribution >= 0.6 is 27.5 Å². The van der Waals surface area contributed by atoms with Crippen LogP contribution in [0.3, 0.4) is 0 Å². The molecular weight excluding hydrogens is 353 g/mol. The van der Waals surface area contributed by atoms with Crippen molar-refractivity contribution in [2.24, 2.45) is 0 Å². The van der Waals surface area contributed by atoms with Crippen LogP contribution < -0.4 is 4.74 Å². The van der Waals surface area contributed by atoms with Crippen molar-refractivity contribution in [3.8, 4) is 5.75 Å². The number of nitro groups is 1. The molecule has 0 radical (unpaired) electrons. The first-order valence-electron chi connectivity index (χ1n) is 5.48. The number of benzene rings is 2. The predicted octanol–water partition coefficient (Wildman–Crippen LogP) is 4.73. The highest BCUT2D eigenvalue weighted by Gasteiger charge is 2.17. The van der Waals surface area contributed by atoms with Crippen LogP contribution in [0.4, 0.5) is 10.1 Å². The van der Waals surface area contributed by atoms with Crippen molar-refractivity contribution >= 4 is 33.2 Å². The fraction of sp³-hybridized carbons (Fsp3) is 0.0769. The van der Waals surface area contributed by atoms with Crippen LogP contribution in [-0.4, -0.2) is 4.92 Å². The Bertz CT molecular complexity index is 646. The second-order valence-electron chi connectivity index (χ2n) is 3.89. The summed E-state index contributed by atoms with van der Waals surface area (Å²) >= 11 is 9.07. The Kier molecular flexibility index (Phi) is 4.57. The molecule has 2 rings (SSSR count). The first-order chi connectivity index (χ1) is 9.47. The zero-order chi connectivity index (χ0) is 14.7. The van der Waals surface area contributed by atoms with Gasteiger partial charge in [0.05, 0.1) is 15.5 Å². The molecule has 0 aromatic heterocycles. The molecule has 2 aromatic carbocycles. The Balaban J connectivity index is 2.25. The molecule has 0 N–H and O–H groups in total. The molecule has 0 unspecified atom stereocenters. The smallest absolute Gasteiger partial charge is 0.277 e. The van der Waals surface area contributed by atoms with Gasteiger partial charge >= 0.3 is 0 Å². The van der Waals surface area contributed by atoms with Gasteiger partial charge in [0.2, 0.25) is 0 Å². The number of ether oxygens (including phenoxy) is 1. The summed E-state index contributed by atoms with van der Waals surface area (Å²) in [5.74, 6) is -0.214. The molecule has 0 spiro atoms. The van der Waals surface area contributed by atoms with Crippen molar-refractivity contribution in [1.82, 2.24) is 0 Å². The van der Waals surface area contributed by atoms with E-state index in [1.165, 1.54) is 30.3 Å². The standard InChI is InChI=1S/C13H8BrClFNO3/c14-8-4-9(16)6-10(5-8)20-7-11-12(15)2-1-3-13(11)17(18)19/h1-6H,7H2. The van der Waals surface area contributed by atoms with Crippen LogP contribution in [0.25, 0.3) is 0 Å². The number of hydrogen-bond acceptors (Lipinski definition) is 3. The lowest BCUT2D eigenvalue weighted by molar-refractivity contribution is -0.385. The van der Waals surface area contributed by atoms with Crippen molar-refractivity contribution in [1.29, 1.82) is 0 Å². The maximum atomic E-state index is 13.2. The van der Waals surface area contributed by atoms with Crippen LogP contribution in [-0.2, 0) is 6.61 Å². The Morgan fingerprint density at radius 2 is 2.10 bits per heavy atom. The highest BCUT2D eigenvalue weighted by Crippen LogP contribution is 2.28. The van der Waals surface area contributed by atoms with E-state index >= 15 is 0 Å². The van der Waals surface area contributed by atoms with Gasteiger partial charge in [0.15, 0.2) is 0 Å². The van der Waals surface area contributed by atoms with Gasteiger partial charge in [0.1, 0.15) is 18.2 Å². The maximum Gasteiger partial charge on any atom is 0.277 e. The van der Waals surface area contributed by atoms with Crippen LogP contribution in [0.5, 0.6) is 5.75 Å². The van der Waals surface area contributed by atoms with E-state index in [1.54, 1.807) is 6.07 Å². The van der Waals surface area contributed by atoms with E-state index in [4.69, 9.17) is 16.3 Å². The van der Waals surface area contributed by atoms with Crippen molar-refractivity contribution in [3.63, 3.8) is 0 Å². The quantitative estimate of drug-likeness (QED) is 0.585. The van der Waals surface area contributed by atoms with E-state index in [9.17, 15) is 14.5 Å². The second kappa shape index (κ2) is 6.19. The summed E-state index contributed by atoms with van der Waals surface area (Å²) in [6.45, 7) is -0.119. The zero-order valence-corrected chi connectivity index (χ0v) is 12.3. The van der Waals surface area contributed by atoms with Crippen molar-refractivity contribution in [3.05, 3.63) is 67.4 Å². The third-order valence-corrected chi connectivity index (χ3v) is 3.32. The summed E-state index contributed by atoms with van der Waals surface area (Å²) in [6.07, 6.45) is 0. The molecule has 0 amide bonds. The molecule has 0 saturated carbocycles. The first-order valence-corrected chi connectivity index (χ1v) is 6.65. The van der Waals surface area contributed by atoms with Gasteiger partial charge in [0, 0.05) is 16.6 Å². The largest absolute Gasteiger partial charge is 0.488 e. The summed E-state index contributed by atoms with van der Waals surface area (Å²) in [6, 6.07) is 8.40. The minimum atomic E-state index is -0.536. The molecule has 0 atom stereocenters. The van der Waals surface area contributed by atoms with E-state index in [-0.39, 0.29) is 28.6 Å². The molecule has 104 valence electrons. The maximum absolute atomic E-state index is 13.2. The van der Waals surface area contributed by atoms with Crippen molar-refractivity contribution in [2.75, 3.05) is 0 Å². The van der Waals surface area contributed by atoms with Gasteiger partial charge in [-0.05, 0) is 18.2 Å². The summed E-state index contributed by atoms with van der Waals surface area (Å²) in [5, 5.41) is 11.1. The summed E-state index contributed by atoms with van der Waals surface area (Å²) < 4.78 is 19.1. The summed E-state index contributed by atoms with van der Waals surface area (Å²) in [5.41, 5.74) is 0.118. The SMILES string of the molecule is O=[N+]([O-])c1cccc(Cl)c1COc1cc(F)cc(Br)c1. The van der Waals surface area contributed by atoms with Crippen LogP contribution in [0.15, 0.2) is 40.9 Å². The zero-order valence-electron chi connectivity index (χ0n) is 9.98. The third kappa shape index (κ3) is 3.46. The minimum absolute atomic E-state index is 0.119. The van der Waals surface area contributed by atoms with Crippen LogP contribution in [0.2, 0.25) is 5.02 Å². The Morgan fingerprint density at radius 3 is 2.75 bits per heavy atom. The minimum Gasteiger partial charge on any atom is -0.488 e. The first kappa shape index (κ1) is 14.7. The Morgan fingerprint density at radius 1 is 1.35 bits per heavy atom. The number of hydrogen-bond donors (Lipinski definition) is 0. The fourth-order valence-electron chi connectivity index (χ4n) is 1.63. The topological polar surface area (TPSA) is 52.4 Å². The normalized spacial score (nSPS) is 10.3. The number of nitro benzene ring substituents is 1. The molecular formula is C13H8BrClFNO3. The molecule has 20 heavy (non-hydrogen) atoms. The molecule has 0 saturated heterocycles. The van der Waals surface area contributed by atoms with E-state index in [0.717, 1.165) is 0 Å². The lowest BCUT2D eigenvalue weighted by Crippen LogP contribution is -2.01. The highest BCUT2D eigenvalue weighted by molar-refractivity contribution is 9.10. The summed E-state index contributed by atoms with van der Waals surface area (Å²) in [7, 11) is 0. The van der Waals surface area contributed by atoms with Gasteiger partial charge in [-0.2, -0.15) is 0 Å². The van der Waals surface area contributed by atoms with E-state index in [2.05, 4.69) is 15.9 Å². The molecule has 0 heterocycles. The highest BCUT2D eigenvalue weighted by atomic mass is 79.9.